The van der Waals surface area contributed by atoms with Crippen LogP contribution < -0.4 is 11.2 Å². The molecule has 0 aliphatic heterocycles. The van der Waals surface area contributed by atoms with Crippen molar-refractivity contribution >= 4 is 5.97 Å². The SMILES string of the molecule is NCCC(CC(O)CO)C(CC(O)CO)C(NO)C(=O)O. The first-order valence-electron chi connectivity index (χ1n) is 6.81. The summed E-state index contributed by atoms with van der Waals surface area (Å²) in [4.78, 5) is 11.2. The molecule has 9 heteroatoms. The summed E-state index contributed by atoms with van der Waals surface area (Å²) in [6.07, 6.45) is -1.89. The van der Waals surface area contributed by atoms with Crippen LogP contribution in [0.5, 0.6) is 0 Å². The summed E-state index contributed by atoms with van der Waals surface area (Å²) in [6.45, 7) is -0.820. The maximum absolute atomic E-state index is 11.2. The topological polar surface area (TPSA) is 176 Å². The van der Waals surface area contributed by atoms with Gasteiger partial charge in [0, 0.05) is 0 Å². The number of rotatable bonds is 12. The van der Waals surface area contributed by atoms with E-state index in [4.69, 9.17) is 26.3 Å². The molecule has 9 nitrogen and oxygen atoms in total. The number of aliphatic carboxylic acids is 1. The van der Waals surface area contributed by atoms with Gasteiger partial charge in [0.15, 0.2) is 0 Å². The molecule has 0 bridgehead atoms. The Labute approximate surface area is 123 Å². The minimum absolute atomic E-state index is 0.0714. The van der Waals surface area contributed by atoms with E-state index in [1.54, 1.807) is 5.48 Å². The molecule has 0 aliphatic rings. The summed E-state index contributed by atoms with van der Waals surface area (Å²) in [7, 11) is 0. The number of aliphatic hydroxyl groups is 4. The lowest BCUT2D eigenvalue weighted by atomic mass is 9.77. The highest BCUT2D eigenvalue weighted by atomic mass is 16.5. The Hall–Kier alpha value is -0.810. The van der Waals surface area contributed by atoms with Crippen molar-refractivity contribution in [1.29, 1.82) is 0 Å². The lowest BCUT2D eigenvalue weighted by Crippen LogP contribution is -2.47. The summed E-state index contributed by atoms with van der Waals surface area (Å²) in [6, 6.07) is -1.38. The van der Waals surface area contributed by atoms with Crippen molar-refractivity contribution in [3.63, 3.8) is 0 Å². The van der Waals surface area contributed by atoms with Crippen molar-refractivity contribution in [2.75, 3.05) is 19.8 Å². The van der Waals surface area contributed by atoms with E-state index in [0.29, 0.717) is 6.42 Å². The van der Waals surface area contributed by atoms with E-state index >= 15 is 0 Å². The monoisotopic (exact) mass is 310 g/mol. The Morgan fingerprint density at radius 3 is 2.00 bits per heavy atom. The third kappa shape index (κ3) is 7.14. The molecule has 21 heavy (non-hydrogen) atoms. The van der Waals surface area contributed by atoms with Gasteiger partial charge in [0.1, 0.15) is 6.04 Å². The van der Waals surface area contributed by atoms with Crippen LogP contribution >= 0.6 is 0 Å². The van der Waals surface area contributed by atoms with Crippen LogP contribution in [-0.2, 0) is 4.79 Å². The van der Waals surface area contributed by atoms with E-state index < -0.39 is 49.3 Å². The highest BCUT2D eigenvalue weighted by Crippen LogP contribution is 2.29. The molecule has 0 spiro atoms. The lowest BCUT2D eigenvalue weighted by molar-refractivity contribution is -0.146. The number of aliphatic hydroxyl groups excluding tert-OH is 4. The predicted octanol–water partition coefficient (Wildman–Crippen LogP) is -2.51. The first kappa shape index (κ1) is 20.2. The van der Waals surface area contributed by atoms with Gasteiger partial charge < -0.3 is 36.5 Å². The fourth-order valence-electron chi connectivity index (χ4n) is 2.47. The molecule has 0 aromatic carbocycles. The number of hydrogen-bond donors (Lipinski definition) is 8. The second kappa shape index (κ2) is 10.9. The van der Waals surface area contributed by atoms with Crippen molar-refractivity contribution < 1.29 is 35.5 Å². The summed E-state index contributed by atoms with van der Waals surface area (Å²) < 4.78 is 0. The molecule has 9 N–H and O–H groups in total. The maximum atomic E-state index is 11.2. The van der Waals surface area contributed by atoms with Gasteiger partial charge in [-0.05, 0) is 37.6 Å². The second-order valence-corrected chi connectivity index (χ2v) is 5.09. The standard InChI is InChI=1S/C12H26N2O7/c13-2-1-7(3-8(17)5-15)10(4-9(18)6-16)11(14-21)12(19)20/h7-11,14-18,21H,1-6,13H2,(H,19,20). The molecule has 0 fully saturated rings. The third-order valence-corrected chi connectivity index (χ3v) is 3.52. The molecule has 0 aromatic heterocycles. The number of nitrogens with two attached hydrogens (primary N) is 1. The smallest absolute Gasteiger partial charge is 0.323 e. The average molecular weight is 310 g/mol. The fraction of sp³-hybridized carbons (Fsp3) is 0.917. The van der Waals surface area contributed by atoms with E-state index in [0.717, 1.165) is 0 Å². The quantitative estimate of drug-likeness (QED) is 0.181. The Bertz CT molecular complexity index is 293. The first-order valence-corrected chi connectivity index (χ1v) is 6.81. The normalized spacial score (nSPS) is 18.8. The van der Waals surface area contributed by atoms with Gasteiger partial charge in [0.2, 0.25) is 0 Å². The molecule has 0 rings (SSSR count). The van der Waals surface area contributed by atoms with E-state index in [9.17, 15) is 15.0 Å². The van der Waals surface area contributed by atoms with E-state index in [1.165, 1.54) is 0 Å². The third-order valence-electron chi connectivity index (χ3n) is 3.52. The molecule has 5 unspecified atom stereocenters. The highest BCUT2D eigenvalue weighted by Gasteiger charge is 2.36. The summed E-state index contributed by atoms with van der Waals surface area (Å²) >= 11 is 0. The van der Waals surface area contributed by atoms with Crippen LogP contribution in [0, 0.1) is 11.8 Å². The minimum atomic E-state index is -1.38. The van der Waals surface area contributed by atoms with Crippen molar-refractivity contribution in [3.05, 3.63) is 0 Å². The highest BCUT2D eigenvalue weighted by molar-refractivity contribution is 5.73. The van der Waals surface area contributed by atoms with E-state index in [-0.39, 0.29) is 19.4 Å². The van der Waals surface area contributed by atoms with Gasteiger partial charge in [-0.1, -0.05) is 0 Å². The number of carboxylic acid groups (broad SMARTS) is 1. The molecule has 0 heterocycles. The summed E-state index contributed by atoms with van der Waals surface area (Å²) in [5.74, 6) is -2.56. The van der Waals surface area contributed by atoms with E-state index in [2.05, 4.69) is 0 Å². The largest absolute Gasteiger partial charge is 0.480 e. The van der Waals surface area contributed by atoms with Gasteiger partial charge in [-0.2, -0.15) is 5.48 Å². The van der Waals surface area contributed by atoms with Gasteiger partial charge in [-0.25, -0.2) is 0 Å². The minimum Gasteiger partial charge on any atom is -0.480 e. The predicted molar refractivity (Wildman–Crippen MR) is 72.4 cm³/mol. The Morgan fingerprint density at radius 2 is 1.62 bits per heavy atom. The number of carboxylic acids is 1. The number of nitrogens with one attached hydrogen (secondary N) is 1. The van der Waals surface area contributed by atoms with Crippen LogP contribution in [0.2, 0.25) is 0 Å². The van der Waals surface area contributed by atoms with Gasteiger partial charge in [-0.15, -0.1) is 0 Å². The Morgan fingerprint density at radius 1 is 1.10 bits per heavy atom. The van der Waals surface area contributed by atoms with Crippen molar-refractivity contribution in [3.8, 4) is 0 Å². The molecule has 0 radical (unpaired) electrons. The van der Waals surface area contributed by atoms with Crippen LogP contribution in [0.25, 0.3) is 0 Å². The van der Waals surface area contributed by atoms with Crippen LogP contribution in [0.3, 0.4) is 0 Å². The van der Waals surface area contributed by atoms with Crippen molar-refractivity contribution in [2.24, 2.45) is 17.6 Å². The van der Waals surface area contributed by atoms with Crippen molar-refractivity contribution in [1.82, 2.24) is 5.48 Å². The molecule has 0 saturated heterocycles. The van der Waals surface area contributed by atoms with Crippen molar-refractivity contribution in [2.45, 2.75) is 37.5 Å². The zero-order valence-corrected chi connectivity index (χ0v) is 11.8. The van der Waals surface area contributed by atoms with Crippen LogP contribution in [0.1, 0.15) is 19.3 Å². The fourth-order valence-corrected chi connectivity index (χ4v) is 2.47. The lowest BCUT2D eigenvalue weighted by Gasteiger charge is -2.33. The van der Waals surface area contributed by atoms with Gasteiger partial charge >= 0.3 is 5.97 Å². The summed E-state index contributed by atoms with van der Waals surface area (Å²) in [5.41, 5.74) is 7.16. The average Bonchev–Trinajstić information content (AvgIpc) is 2.45. The van der Waals surface area contributed by atoms with E-state index in [1.807, 2.05) is 0 Å². The van der Waals surface area contributed by atoms with Crippen LogP contribution in [0.15, 0.2) is 0 Å². The Kier molecular flexibility index (Phi) is 10.4. The first-order chi connectivity index (χ1) is 9.90. The molecule has 5 atom stereocenters. The van der Waals surface area contributed by atoms with Gasteiger partial charge in [0.05, 0.1) is 25.4 Å². The van der Waals surface area contributed by atoms with Crippen LogP contribution in [-0.4, -0.2) is 74.7 Å². The van der Waals surface area contributed by atoms with Gasteiger partial charge in [0.25, 0.3) is 0 Å². The second-order valence-electron chi connectivity index (χ2n) is 5.09. The zero-order valence-electron chi connectivity index (χ0n) is 11.8. The number of hydrogen-bond acceptors (Lipinski definition) is 8. The molecule has 0 aliphatic carbocycles. The number of hydroxylamine groups is 1. The summed E-state index contributed by atoms with van der Waals surface area (Å²) in [5, 5.41) is 55.1. The molecule has 126 valence electrons. The molecular formula is C12H26N2O7. The molecule has 0 amide bonds. The maximum Gasteiger partial charge on any atom is 0.323 e. The van der Waals surface area contributed by atoms with Gasteiger partial charge in [-0.3, -0.25) is 4.79 Å². The number of carbonyl (C=O) groups is 1. The molecular weight excluding hydrogens is 284 g/mol. The zero-order chi connectivity index (χ0) is 16.4. The Balaban J connectivity index is 5.19. The molecule has 0 saturated carbocycles. The molecule has 0 aromatic rings. The van der Waals surface area contributed by atoms with Crippen LogP contribution in [0.4, 0.5) is 0 Å².